The van der Waals surface area contributed by atoms with Crippen LogP contribution in [0.1, 0.15) is 12.8 Å². The average molecular weight is 464 g/mol. The Kier molecular flexibility index (Phi) is 6.36. The van der Waals surface area contributed by atoms with E-state index in [4.69, 9.17) is 5.11 Å². The topological polar surface area (TPSA) is 20.2 Å². The highest BCUT2D eigenvalue weighted by molar-refractivity contribution is 5.12. The van der Waals surface area contributed by atoms with E-state index in [0.29, 0.717) is 0 Å². The smallest absolute Gasteiger partial charge is 0.336 e. The summed E-state index contributed by atoms with van der Waals surface area (Å²) < 4.78 is 214. The zero-order valence-corrected chi connectivity index (χ0v) is 12.3. The Morgan fingerprint density at radius 2 is 0.679 bits per heavy atom. The van der Waals surface area contributed by atoms with Crippen LogP contribution in [0.25, 0.3) is 0 Å². The molecule has 0 aliphatic carbocycles. The molecule has 0 spiro atoms. The third-order valence-electron chi connectivity index (χ3n) is 3.13. The van der Waals surface area contributed by atoms with E-state index < -0.39 is 60.7 Å². The van der Waals surface area contributed by atoms with Gasteiger partial charge < -0.3 is 5.11 Å². The van der Waals surface area contributed by atoms with Gasteiger partial charge in [-0.2, -0.15) is 74.6 Å². The molecule has 0 aliphatic rings. The van der Waals surface area contributed by atoms with Crippen LogP contribution in [0.2, 0.25) is 0 Å². The molecule has 0 rings (SSSR count). The van der Waals surface area contributed by atoms with Crippen molar-refractivity contribution in [1.82, 2.24) is 0 Å². The molecule has 0 aromatic heterocycles. The molecule has 0 heterocycles. The predicted octanol–water partition coefficient (Wildman–Crippen LogP) is 5.73. The van der Waals surface area contributed by atoms with Gasteiger partial charge in [0, 0.05) is 12.8 Å². The first-order valence-electron chi connectivity index (χ1n) is 6.14. The second kappa shape index (κ2) is 6.65. The van der Waals surface area contributed by atoms with Crippen LogP contribution in [-0.2, 0) is 0 Å². The second-order valence-electron chi connectivity index (χ2n) is 5.24. The molecule has 0 saturated carbocycles. The summed E-state index contributed by atoms with van der Waals surface area (Å²) in [6.45, 7) is 0. The lowest BCUT2D eigenvalue weighted by Gasteiger charge is -2.41. The summed E-state index contributed by atoms with van der Waals surface area (Å²) in [7, 11) is 0. The van der Waals surface area contributed by atoms with Crippen LogP contribution >= 0.6 is 0 Å². The molecule has 0 bridgehead atoms. The van der Waals surface area contributed by atoms with Gasteiger partial charge >= 0.3 is 47.8 Å². The minimum absolute atomic E-state index is 2.83. The first-order chi connectivity index (χ1) is 11.7. The molecule has 0 saturated heterocycles. The zero-order chi connectivity index (χ0) is 23.4. The fourth-order valence-electron chi connectivity index (χ4n) is 1.46. The lowest BCUT2D eigenvalue weighted by molar-refractivity contribution is -0.453. The first kappa shape index (κ1) is 26.8. The molecule has 1 nitrogen and oxygen atoms in total. The van der Waals surface area contributed by atoms with E-state index >= 15 is 0 Å². The molecule has 18 heteroatoms. The lowest BCUT2D eigenvalue weighted by Crippen LogP contribution is -2.72. The molecule has 0 amide bonds. The Balaban J connectivity index is 6.32. The third kappa shape index (κ3) is 3.92. The summed E-state index contributed by atoms with van der Waals surface area (Å²) in [6.07, 6.45) is -19.1. The van der Waals surface area contributed by atoms with Gasteiger partial charge in [-0.05, 0) is 0 Å². The van der Waals surface area contributed by atoms with Crippen molar-refractivity contribution in [2.75, 3.05) is 0 Å². The molecular weight excluding hydrogens is 459 g/mol. The third-order valence-corrected chi connectivity index (χ3v) is 3.13. The largest absolute Gasteiger partial charge is 0.460 e. The molecule has 28 heavy (non-hydrogen) atoms. The van der Waals surface area contributed by atoms with Gasteiger partial charge in [-0.3, -0.25) is 0 Å². The summed E-state index contributed by atoms with van der Waals surface area (Å²) >= 11 is 0. The van der Waals surface area contributed by atoms with Gasteiger partial charge in [0.2, 0.25) is 0 Å². The molecule has 0 aromatic rings. The second-order valence-corrected chi connectivity index (χ2v) is 5.24. The van der Waals surface area contributed by atoms with Crippen molar-refractivity contribution >= 4 is 0 Å². The number of aliphatic hydroxyl groups is 1. The van der Waals surface area contributed by atoms with E-state index in [9.17, 15) is 74.6 Å². The fourth-order valence-corrected chi connectivity index (χ4v) is 1.46. The Morgan fingerprint density at radius 1 is 0.393 bits per heavy atom. The van der Waals surface area contributed by atoms with Crippen molar-refractivity contribution in [1.29, 1.82) is 0 Å². The van der Waals surface area contributed by atoms with E-state index in [1.165, 1.54) is 0 Å². The van der Waals surface area contributed by atoms with Crippen LogP contribution in [0.3, 0.4) is 0 Å². The van der Waals surface area contributed by atoms with Gasteiger partial charge in [-0.25, -0.2) is 0 Å². The summed E-state index contributed by atoms with van der Waals surface area (Å²) in [4.78, 5) is 0. The van der Waals surface area contributed by atoms with Gasteiger partial charge in [-0.15, -0.1) is 0 Å². The molecule has 170 valence electrons. The molecule has 0 aromatic carbocycles. The van der Waals surface area contributed by atoms with Crippen molar-refractivity contribution in [2.24, 2.45) is 0 Å². The minimum Gasteiger partial charge on any atom is -0.336 e. The SMILES string of the molecule is OC(F)(F)CCC(F)(F)C(F)(F)C(F)(F)C(F)(F)C(F)(F)C(F)(F)C(F)(F)F. The Labute approximate surface area is 142 Å². The van der Waals surface area contributed by atoms with Gasteiger partial charge in [0.05, 0.1) is 0 Å². The normalized spacial score (nSPS) is 16.5. The van der Waals surface area contributed by atoms with Crippen LogP contribution < -0.4 is 0 Å². The molecule has 0 fully saturated rings. The first-order valence-corrected chi connectivity index (χ1v) is 6.14. The molecule has 1 N–H and O–H groups in total. The molecular formula is C10H5F17O. The van der Waals surface area contributed by atoms with Crippen LogP contribution in [0.4, 0.5) is 74.6 Å². The molecule has 0 radical (unpaired) electrons. The standard InChI is InChI=1S/C10H5F17O/c11-3(12,1-2-4(13,14)28)5(15,16)6(17,18)7(19,20)8(21,22)9(23,24)10(25,26)27/h28H,1-2H2. The Hall–Kier alpha value is -1.23. The Morgan fingerprint density at radius 3 is 0.964 bits per heavy atom. The van der Waals surface area contributed by atoms with E-state index in [1.807, 2.05) is 0 Å². The van der Waals surface area contributed by atoms with E-state index in [-0.39, 0.29) is 0 Å². The van der Waals surface area contributed by atoms with Gasteiger partial charge in [0.25, 0.3) is 0 Å². The number of rotatable bonds is 8. The van der Waals surface area contributed by atoms with Crippen molar-refractivity contribution in [2.45, 2.75) is 60.7 Å². The Bertz CT molecular complexity index is 553. The highest BCUT2D eigenvalue weighted by Crippen LogP contribution is 2.62. The number of hydrogen-bond acceptors (Lipinski definition) is 1. The van der Waals surface area contributed by atoms with Gasteiger partial charge in [0.15, 0.2) is 0 Å². The number of hydrogen-bond donors (Lipinski definition) is 1. The zero-order valence-electron chi connectivity index (χ0n) is 12.3. The van der Waals surface area contributed by atoms with Crippen molar-refractivity contribution in [3.63, 3.8) is 0 Å². The minimum atomic E-state index is -8.46. The van der Waals surface area contributed by atoms with Gasteiger partial charge in [0.1, 0.15) is 0 Å². The average Bonchev–Trinajstić information content (AvgIpc) is 2.42. The molecule has 0 aliphatic heterocycles. The monoisotopic (exact) mass is 464 g/mol. The van der Waals surface area contributed by atoms with E-state index in [0.717, 1.165) is 0 Å². The maximum Gasteiger partial charge on any atom is 0.460 e. The number of alkyl halides is 17. The maximum absolute atomic E-state index is 13.1. The van der Waals surface area contributed by atoms with Crippen molar-refractivity contribution < 1.29 is 79.7 Å². The quantitative estimate of drug-likeness (QED) is 0.456. The molecule has 0 atom stereocenters. The highest BCUT2D eigenvalue weighted by Gasteiger charge is 2.93. The maximum atomic E-state index is 13.1. The summed E-state index contributed by atoms with van der Waals surface area (Å²) in [5.41, 5.74) is 0. The van der Waals surface area contributed by atoms with Crippen LogP contribution in [0.15, 0.2) is 0 Å². The highest BCUT2D eigenvalue weighted by atomic mass is 19.4. The van der Waals surface area contributed by atoms with Crippen LogP contribution in [-0.4, -0.2) is 52.9 Å². The lowest BCUT2D eigenvalue weighted by atomic mass is 9.89. The fraction of sp³-hybridized carbons (Fsp3) is 1.00. The van der Waals surface area contributed by atoms with Crippen LogP contribution in [0.5, 0.6) is 0 Å². The summed E-state index contributed by atoms with van der Waals surface area (Å²) in [6, 6.07) is 0. The van der Waals surface area contributed by atoms with Crippen molar-refractivity contribution in [3.05, 3.63) is 0 Å². The van der Waals surface area contributed by atoms with Crippen LogP contribution in [0, 0.1) is 0 Å². The summed E-state index contributed by atoms with van der Waals surface area (Å²) in [5, 5.41) is 7.74. The van der Waals surface area contributed by atoms with E-state index in [2.05, 4.69) is 0 Å². The summed E-state index contributed by atoms with van der Waals surface area (Å²) in [5.74, 6) is -47.9. The number of halogens is 17. The van der Waals surface area contributed by atoms with E-state index in [1.54, 1.807) is 0 Å². The van der Waals surface area contributed by atoms with Gasteiger partial charge in [-0.1, -0.05) is 0 Å². The predicted molar refractivity (Wildman–Crippen MR) is 52.1 cm³/mol. The molecule has 0 unspecified atom stereocenters. The van der Waals surface area contributed by atoms with Crippen molar-refractivity contribution in [3.8, 4) is 0 Å².